The Bertz CT molecular complexity index is 613. The predicted octanol–water partition coefficient (Wildman–Crippen LogP) is 0.167. The lowest BCUT2D eigenvalue weighted by Gasteiger charge is -2.04. The first kappa shape index (κ1) is 14.9. The van der Waals surface area contributed by atoms with Gasteiger partial charge in [-0.3, -0.25) is 20.2 Å². The van der Waals surface area contributed by atoms with E-state index in [1.807, 2.05) is 0 Å². The van der Waals surface area contributed by atoms with Crippen molar-refractivity contribution in [2.45, 2.75) is 4.90 Å². The molecule has 0 aliphatic carbocycles. The number of rotatable bonds is 6. The second-order valence-electron chi connectivity index (χ2n) is 3.36. The molecule has 0 atom stereocenters. The zero-order valence-corrected chi connectivity index (χ0v) is 10.2. The van der Waals surface area contributed by atoms with Crippen LogP contribution in [0.3, 0.4) is 0 Å². The zero-order valence-electron chi connectivity index (χ0n) is 9.38. The van der Waals surface area contributed by atoms with Crippen LogP contribution in [0.25, 0.3) is 0 Å². The fourth-order valence-corrected chi connectivity index (χ4v) is 2.56. The summed E-state index contributed by atoms with van der Waals surface area (Å²) in [5.41, 5.74) is -1.42. The predicted molar refractivity (Wildman–Crippen MR) is 61.9 cm³/mol. The van der Waals surface area contributed by atoms with Crippen LogP contribution in [0.2, 0.25) is 0 Å². The molecule has 104 valence electrons. The van der Waals surface area contributed by atoms with E-state index in [9.17, 15) is 28.6 Å². The number of nitro groups is 2. The van der Waals surface area contributed by atoms with E-state index in [1.165, 1.54) is 0 Å². The van der Waals surface area contributed by atoms with Crippen LogP contribution in [-0.2, 0) is 14.7 Å². The van der Waals surface area contributed by atoms with Crippen LogP contribution in [0.5, 0.6) is 0 Å². The quantitative estimate of drug-likeness (QED) is 0.574. The molecule has 1 aromatic carbocycles. The molecule has 0 bridgehead atoms. The van der Waals surface area contributed by atoms with Crippen molar-refractivity contribution in [2.75, 3.05) is 12.4 Å². The summed E-state index contributed by atoms with van der Waals surface area (Å²) in [5.74, 6) is 4.12. The molecule has 0 unspecified atom stereocenters. The number of hydrogen-bond donors (Lipinski definition) is 1. The van der Waals surface area contributed by atoms with Gasteiger partial charge in [0, 0.05) is 6.07 Å². The molecule has 0 radical (unpaired) electrons. The van der Waals surface area contributed by atoms with E-state index in [0.29, 0.717) is 6.07 Å². The van der Waals surface area contributed by atoms with Crippen molar-refractivity contribution in [3.63, 3.8) is 0 Å². The molecule has 0 aromatic heterocycles. The van der Waals surface area contributed by atoms with Gasteiger partial charge in [-0.1, -0.05) is 0 Å². The van der Waals surface area contributed by atoms with Crippen molar-refractivity contribution >= 4 is 21.2 Å². The molecule has 10 nitrogen and oxygen atoms in total. The number of hydrogen-bond acceptors (Lipinski definition) is 8. The highest BCUT2D eigenvalue weighted by molar-refractivity contribution is 7.91. The molecule has 0 saturated heterocycles. The second kappa shape index (κ2) is 5.69. The summed E-state index contributed by atoms with van der Waals surface area (Å²) < 4.78 is 23.6. The van der Waals surface area contributed by atoms with Gasteiger partial charge in [0.25, 0.3) is 11.4 Å². The Morgan fingerprint density at radius 3 is 2.32 bits per heavy atom. The van der Waals surface area contributed by atoms with E-state index in [1.54, 1.807) is 0 Å². The summed E-state index contributed by atoms with van der Waals surface area (Å²) in [5, 5.41) is 21.3. The van der Waals surface area contributed by atoms with Crippen molar-refractivity contribution in [1.82, 2.24) is 0 Å². The van der Waals surface area contributed by atoms with Crippen molar-refractivity contribution in [3.05, 3.63) is 38.4 Å². The normalized spacial score (nSPS) is 11.2. The van der Waals surface area contributed by atoms with Gasteiger partial charge >= 0.3 is 0 Å². The lowest BCUT2D eigenvalue weighted by atomic mass is 10.3. The first-order valence-electron chi connectivity index (χ1n) is 4.77. The third-order valence-electron chi connectivity index (χ3n) is 2.16. The molecule has 0 amide bonds. The van der Waals surface area contributed by atoms with Gasteiger partial charge in [-0.15, -0.1) is 0 Å². The third-order valence-corrected chi connectivity index (χ3v) is 3.87. The Morgan fingerprint density at radius 1 is 1.21 bits per heavy atom. The average molecular weight is 291 g/mol. The number of sulfone groups is 1. The molecule has 0 saturated carbocycles. The lowest BCUT2D eigenvalue weighted by molar-refractivity contribution is -0.396. The number of nitrogens with two attached hydrogens (primary N) is 1. The molecule has 1 rings (SSSR count). The molecule has 0 spiro atoms. The third kappa shape index (κ3) is 3.43. The number of nitro benzene ring substituents is 2. The van der Waals surface area contributed by atoms with E-state index in [2.05, 4.69) is 10.7 Å². The Labute approximate surface area is 107 Å². The topological polar surface area (TPSA) is 156 Å². The van der Waals surface area contributed by atoms with Crippen LogP contribution in [0.4, 0.5) is 11.4 Å². The molecule has 0 aliphatic rings. The van der Waals surface area contributed by atoms with Gasteiger partial charge in [0.15, 0.2) is 9.84 Å². The SMILES string of the molecule is NOCCS(=O)(=O)c1ccc([N+](=O)[O-])cc1[N+](=O)[O-]. The molecular formula is C8H9N3O7S. The minimum absolute atomic E-state index is 0.351. The van der Waals surface area contributed by atoms with Gasteiger partial charge in [-0.2, -0.15) is 0 Å². The molecular weight excluding hydrogens is 282 g/mol. The van der Waals surface area contributed by atoms with Crippen LogP contribution >= 0.6 is 0 Å². The first-order chi connectivity index (χ1) is 8.79. The number of nitrogens with zero attached hydrogens (tertiary/aromatic N) is 2. The van der Waals surface area contributed by atoms with Crippen LogP contribution < -0.4 is 5.90 Å². The van der Waals surface area contributed by atoms with E-state index in [-0.39, 0.29) is 6.61 Å². The summed E-state index contributed by atoms with van der Waals surface area (Å²) >= 11 is 0. The fourth-order valence-electron chi connectivity index (χ4n) is 1.29. The van der Waals surface area contributed by atoms with Crippen LogP contribution in [0.1, 0.15) is 0 Å². The van der Waals surface area contributed by atoms with Gasteiger partial charge < -0.3 is 4.84 Å². The highest BCUT2D eigenvalue weighted by atomic mass is 32.2. The van der Waals surface area contributed by atoms with Crippen LogP contribution in [0.15, 0.2) is 23.1 Å². The number of non-ortho nitro benzene ring substituents is 1. The van der Waals surface area contributed by atoms with Crippen molar-refractivity contribution in [1.29, 1.82) is 0 Å². The summed E-state index contributed by atoms with van der Waals surface area (Å²) in [6, 6.07) is 2.29. The molecule has 2 N–H and O–H groups in total. The Morgan fingerprint density at radius 2 is 1.84 bits per heavy atom. The van der Waals surface area contributed by atoms with Gasteiger partial charge in [0.2, 0.25) is 0 Å². The maximum atomic E-state index is 11.8. The van der Waals surface area contributed by atoms with Crippen molar-refractivity contribution < 1.29 is 23.1 Å². The second-order valence-corrected chi connectivity index (χ2v) is 5.43. The Kier molecular flexibility index (Phi) is 4.47. The number of benzene rings is 1. The summed E-state index contributed by atoms with van der Waals surface area (Å²) in [6.07, 6.45) is 0. The van der Waals surface area contributed by atoms with E-state index >= 15 is 0 Å². The lowest BCUT2D eigenvalue weighted by Crippen LogP contribution is -2.16. The van der Waals surface area contributed by atoms with Crippen LogP contribution in [-0.4, -0.2) is 30.6 Å². The van der Waals surface area contributed by atoms with Gasteiger partial charge in [0.1, 0.15) is 4.90 Å². The van der Waals surface area contributed by atoms with E-state index in [0.717, 1.165) is 12.1 Å². The Hall–Kier alpha value is -2.11. The maximum absolute atomic E-state index is 11.8. The van der Waals surface area contributed by atoms with Gasteiger partial charge in [-0.25, -0.2) is 14.3 Å². The van der Waals surface area contributed by atoms with E-state index < -0.39 is 41.7 Å². The summed E-state index contributed by atoms with van der Waals surface area (Å²) in [4.78, 5) is 22.9. The largest absolute Gasteiger partial charge is 0.304 e. The van der Waals surface area contributed by atoms with Crippen molar-refractivity contribution in [2.24, 2.45) is 5.90 Å². The molecule has 0 heterocycles. The smallest absolute Gasteiger partial charge is 0.294 e. The average Bonchev–Trinajstić information content (AvgIpc) is 2.35. The zero-order chi connectivity index (χ0) is 14.6. The Balaban J connectivity index is 3.36. The minimum Gasteiger partial charge on any atom is -0.304 e. The molecule has 19 heavy (non-hydrogen) atoms. The van der Waals surface area contributed by atoms with Gasteiger partial charge in [-0.05, 0) is 6.07 Å². The van der Waals surface area contributed by atoms with Gasteiger partial charge in [0.05, 0.1) is 28.3 Å². The molecule has 0 fully saturated rings. The monoisotopic (exact) mass is 291 g/mol. The highest BCUT2D eigenvalue weighted by Gasteiger charge is 2.28. The molecule has 11 heteroatoms. The first-order valence-corrected chi connectivity index (χ1v) is 6.42. The fraction of sp³-hybridized carbons (Fsp3) is 0.250. The standard InChI is InChI=1S/C8H9N3O7S/c9-18-3-4-19(16,17)8-2-1-6(10(12)13)5-7(8)11(14)15/h1-2,5H,3-4,9H2. The molecule has 1 aromatic rings. The summed E-state index contributed by atoms with van der Waals surface area (Å²) in [7, 11) is -4.01. The maximum Gasteiger partial charge on any atom is 0.294 e. The van der Waals surface area contributed by atoms with Crippen molar-refractivity contribution in [3.8, 4) is 0 Å². The highest BCUT2D eigenvalue weighted by Crippen LogP contribution is 2.28. The molecule has 0 aliphatic heterocycles. The van der Waals surface area contributed by atoms with E-state index in [4.69, 9.17) is 0 Å². The summed E-state index contributed by atoms with van der Waals surface area (Å²) in [6.45, 7) is -0.351. The minimum atomic E-state index is -4.01. The van der Waals surface area contributed by atoms with Crippen LogP contribution in [0, 0.1) is 20.2 Å².